The molecule has 1 heterocycles. The van der Waals surface area contributed by atoms with Gasteiger partial charge in [0, 0.05) is 25.0 Å². The highest BCUT2D eigenvalue weighted by Crippen LogP contribution is 2.35. The number of guanidine groups is 1. The Hall–Kier alpha value is -2.29. The van der Waals surface area contributed by atoms with Crippen LogP contribution in [0.4, 0.5) is 11.4 Å². The number of aryl methyl sites for hydroxylation is 4. The van der Waals surface area contributed by atoms with Gasteiger partial charge in [0.05, 0.1) is 6.04 Å². The van der Waals surface area contributed by atoms with Gasteiger partial charge in [0.15, 0.2) is 0 Å². The molecular formula is C21H27N3. The number of hydrogen-bond acceptors (Lipinski definition) is 1. The first kappa shape index (κ1) is 16.6. The summed E-state index contributed by atoms with van der Waals surface area (Å²) >= 11 is 0. The van der Waals surface area contributed by atoms with Crippen molar-refractivity contribution in [3.05, 3.63) is 58.7 Å². The SMILES string of the molecule is CN=C1N(c2c(C)cccc2C)CC(C)N1c1c(C)cccc1C. The highest BCUT2D eigenvalue weighted by Gasteiger charge is 2.36. The lowest BCUT2D eigenvalue weighted by atomic mass is 10.1. The molecule has 1 aliphatic heterocycles. The molecule has 2 aromatic carbocycles. The van der Waals surface area contributed by atoms with Crippen molar-refractivity contribution in [2.75, 3.05) is 23.4 Å². The quantitative estimate of drug-likeness (QED) is 0.803. The largest absolute Gasteiger partial charge is 0.310 e. The number of aliphatic imine (C=N–C) groups is 1. The van der Waals surface area contributed by atoms with E-state index in [0.717, 1.165) is 12.5 Å². The molecule has 0 aliphatic carbocycles. The van der Waals surface area contributed by atoms with Crippen LogP contribution >= 0.6 is 0 Å². The third kappa shape index (κ3) is 2.58. The molecule has 1 atom stereocenters. The zero-order valence-corrected chi connectivity index (χ0v) is 15.6. The molecule has 3 nitrogen and oxygen atoms in total. The minimum atomic E-state index is 0.377. The van der Waals surface area contributed by atoms with Crippen LogP contribution in [0.5, 0.6) is 0 Å². The van der Waals surface area contributed by atoms with E-state index in [1.165, 1.54) is 33.6 Å². The van der Waals surface area contributed by atoms with Crippen LogP contribution < -0.4 is 9.80 Å². The normalized spacial score (nSPS) is 19.4. The van der Waals surface area contributed by atoms with E-state index in [2.05, 4.69) is 85.8 Å². The van der Waals surface area contributed by atoms with E-state index in [9.17, 15) is 0 Å². The second-order valence-electron chi connectivity index (χ2n) is 6.83. The van der Waals surface area contributed by atoms with Crippen LogP contribution in [0.2, 0.25) is 0 Å². The Bertz CT molecular complexity index is 751. The number of rotatable bonds is 2. The first-order chi connectivity index (χ1) is 11.5. The van der Waals surface area contributed by atoms with Gasteiger partial charge >= 0.3 is 0 Å². The Morgan fingerprint density at radius 2 is 1.29 bits per heavy atom. The van der Waals surface area contributed by atoms with Crippen molar-refractivity contribution in [3.63, 3.8) is 0 Å². The van der Waals surface area contributed by atoms with Gasteiger partial charge in [-0.25, -0.2) is 0 Å². The van der Waals surface area contributed by atoms with Gasteiger partial charge in [0.25, 0.3) is 0 Å². The molecule has 0 aromatic heterocycles. The lowest BCUT2D eigenvalue weighted by Gasteiger charge is -2.28. The Morgan fingerprint density at radius 1 is 0.833 bits per heavy atom. The molecule has 0 amide bonds. The van der Waals surface area contributed by atoms with E-state index in [1.54, 1.807) is 0 Å². The van der Waals surface area contributed by atoms with Crippen LogP contribution in [0.3, 0.4) is 0 Å². The number of para-hydroxylation sites is 2. The van der Waals surface area contributed by atoms with Crippen LogP contribution in [0.15, 0.2) is 41.4 Å². The van der Waals surface area contributed by atoms with E-state index in [1.807, 2.05) is 7.05 Å². The van der Waals surface area contributed by atoms with Crippen molar-refractivity contribution in [2.24, 2.45) is 4.99 Å². The molecule has 1 unspecified atom stereocenters. The van der Waals surface area contributed by atoms with E-state index in [-0.39, 0.29) is 0 Å². The van der Waals surface area contributed by atoms with Crippen molar-refractivity contribution >= 4 is 17.3 Å². The average Bonchev–Trinajstić information content (AvgIpc) is 2.83. The summed E-state index contributed by atoms with van der Waals surface area (Å²) in [5, 5.41) is 0. The minimum Gasteiger partial charge on any atom is -0.310 e. The molecule has 126 valence electrons. The predicted molar refractivity (Wildman–Crippen MR) is 104 cm³/mol. The first-order valence-electron chi connectivity index (χ1n) is 8.61. The molecule has 3 heteroatoms. The van der Waals surface area contributed by atoms with Crippen LogP contribution in [0.25, 0.3) is 0 Å². The van der Waals surface area contributed by atoms with Crippen LogP contribution in [0, 0.1) is 27.7 Å². The maximum Gasteiger partial charge on any atom is 0.205 e. The van der Waals surface area contributed by atoms with Crippen molar-refractivity contribution in [1.29, 1.82) is 0 Å². The third-order valence-electron chi connectivity index (χ3n) is 4.93. The van der Waals surface area contributed by atoms with Crippen molar-refractivity contribution in [2.45, 2.75) is 40.7 Å². The summed E-state index contributed by atoms with van der Waals surface area (Å²) in [6, 6.07) is 13.4. The molecule has 1 saturated heterocycles. The maximum absolute atomic E-state index is 4.69. The lowest BCUT2D eigenvalue weighted by Crippen LogP contribution is -2.37. The highest BCUT2D eigenvalue weighted by atomic mass is 15.5. The second-order valence-corrected chi connectivity index (χ2v) is 6.83. The predicted octanol–water partition coefficient (Wildman–Crippen LogP) is 4.62. The fourth-order valence-corrected chi connectivity index (χ4v) is 3.91. The molecule has 2 aromatic rings. The highest BCUT2D eigenvalue weighted by molar-refractivity contribution is 6.11. The van der Waals surface area contributed by atoms with Crippen molar-refractivity contribution < 1.29 is 0 Å². The Labute approximate surface area is 145 Å². The summed E-state index contributed by atoms with van der Waals surface area (Å²) < 4.78 is 0. The number of benzene rings is 2. The van der Waals surface area contributed by atoms with Crippen LogP contribution in [-0.4, -0.2) is 25.6 Å². The molecule has 1 fully saturated rings. The third-order valence-corrected chi connectivity index (χ3v) is 4.93. The standard InChI is InChI=1S/C21H27N3/c1-14-9-7-10-15(2)19(14)23-13-18(5)24(21(23)22-6)20-16(3)11-8-12-17(20)4/h7-12,18H,13H2,1-6H3. The Kier molecular flexibility index (Phi) is 4.35. The Balaban J connectivity index is 2.12. The summed E-state index contributed by atoms with van der Waals surface area (Å²) in [5.74, 6) is 1.04. The summed E-state index contributed by atoms with van der Waals surface area (Å²) in [7, 11) is 1.90. The van der Waals surface area contributed by atoms with Gasteiger partial charge in [-0.05, 0) is 56.9 Å². The van der Waals surface area contributed by atoms with E-state index in [4.69, 9.17) is 0 Å². The summed E-state index contributed by atoms with van der Waals surface area (Å²) in [4.78, 5) is 9.46. The fourth-order valence-electron chi connectivity index (χ4n) is 3.91. The summed E-state index contributed by atoms with van der Waals surface area (Å²) in [6.07, 6.45) is 0. The monoisotopic (exact) mass is 321 g/mol. The molecule has 0 saturated carbocycles. The van der Waals surface area contributed by atoms with Crippen molar-refractivity contribution in [3.8, 4) is 0 Å². The topological polar surface area (TPSA) is 18.8 Å². The fraction of sp³-hybridized carbons (Fsp3) is 0.381. The average molecular weight is 321 g/mol. The maximum atomic E-state index is 4.69. The van der Waals surface area contributed by atoms with Gasteiger partial charge in [-0.1, -0.05) is 36.4 Å². The molecule has 24 heavy (non-hydrogen) atoms. The zero-order chi connectivity index (χ0) is 17.4. The van der Waals surface area contributed by atoms with Gasteiger partial charge < -0.3 is 9.80 Å². The molecule has 0 radical (unpaired) electrons. The number of hydrogen-bond donors (Lipinski definition) is 0. The molecule has 3 rings (SSSR count). The van der Waals surface area contributed by atoms with Crippen molar-refractivity contribution in [1.82, 2.24) is 0 Å². The minimum absolute atomic E-state index is 0.377. The molecule has 0 N–H and O–H groups in total. The van der Waals surface area contributed by atoms with Gasteiger partial charge in [0.2, 0.25) is 5.96 Å². The smallest absolute Gasteiger partial charge is 0.205 e. The molecule has 1 aliphatic rings. The number of anilines is 2. The number of nitrogens with zero attached hydrogens (tertiary/aromatic N) is 3. The lowest BCUT2D eigenvalue weighted by molar-refractivity contribution is 0.789. The molecule has 0 bridgehead atoms. The Morgan fingerprint density at radius 3 is 1.75 bits per heavy atom. The van der Waals surface area contributed by atoms with Gasteiger partial charge in [-0.15, -0.1) is 0 Å². The van der Waals surface area contributed by atoms with E-state index < -0.39 is 0 Å². The van der Waals surface area contributed by atoms with E-state index >= 15 is 0 Å². The molecule has 0 spiro atoms. The van der Waals surface area contributed by atoms with E-state index in [0.29, 0.717) is 6.04 Å². The summed E-state index contributed by atoms with van der Waals surface area (Å²) in [5.41, 5.74) is 7.77. The van der Waals surface area contributed by atoms with Crippen LogP contribution in [-0.2, 0) is 0 Å². The van der Waals surface area contributed by atoms with Gasteiger partial charge in [0.1, 0.15) is 0 Å². The van der Waals surface area contributed by atoms with Gasteiger partial charge in [-0.2, -0.15) is 0 Å². The second kappa shape index (κ2) is 6.31. The zero-order valence-electron chi connectivity index (χ0n) is 15.6. The first-order valence-corrected chi connectivity index (χ1v) is 8.61. The van der Waals surface area contributed by atoms with Gasteiger partial charge in [-0.3, -0.25) is 4.99 Å². The summed E-state index contributed by atoms with van der Waals surface area (Å²) in [6.45, 7) is 12.0. The molecular weight excluding hydrogens is 294 g/mol. The van der Waals surface area contributed by atoms with Crippen LogP contribution in [0.1, 0.15) is 29.2 Å².